The van der Waals surface area contributed by atoms with Gasteiger partial charge in [0, 0.05) is 6.42 Å². The maximum absolute atomic E-state index is 12.1. The smallest absolute Gasteiger partial charge is 0.226 e. The van der Waals surface area contributed by atoms with Crippen LogP contribution in [-0.4, -0.2) is 10.9 Å². The Hall–Kier alpha value is -2.20. The number of hydrogen-bond donors (Lipinski definition) is 1. The molecule has 0 bridgehead atoms. The SMILES string of the molecule is Cc1ccc(C)c2sc(NC(=O)CCc3ccccc3)nc12. The fourth-order valence-corrected chi connectivity index (χ4v) is 3.42. The molecular formula is C18H18N2OS. The number of aryl methyl sites for hydroxylation is 3. The predicted octanol–water partition coefficient (Wildman–Crippen LogP) is 4.48. The molecule has 1 aromatic heterocycles. The van der Waals surface area contributed by atoms with Crippen LogP contribution in [0.4, 0.5) is 5.13 Å². The van der Waals surface area contributed by atoms with Crippen molar-refractivity contribution < 1.29 is 4.79 Å². The predicted molar refractivity (Wildman–Crippen MR) is 92.5 cm³/mol. The largest absolute Gasteiger partial charge is 0.302 e. The van der Waals surface area contributed by atoms with Crippen LogP contribution in [-0.2, 0) is 11.2 Å². The van der Waals surface area contributed by atoms with E-state index >= 15 is 0 Å². The van der Waals surface area contributed by atoms with Crippen molar-refractivity contribution in [3.8, 4) is 0 Å². The molecule has 1 heterocycles. The van der Waals surface area contributed by atoms with E-state index < -0.39 is 0 Å². The summed E-state index contributed by atoms with van der Waals surface area (Å²) in [5, 5.41) is 3.61. The number of nitrogens with one attached hydrogen (secondary N) is 1. The molecule has 3 rings (SSSR count). The quantitative estimate of drug-likeness (QED) is 0.771. The van der Waals surface area contributed by atoms with Crippen molar-refractivity contribution in [2.24, 2.45) is 0 Å². The lowest BCUT2D eigenvalue weighted by atomic mass is 10.1. The molecule has 22 heavy (non-hydrogen) atoms. The molecule has 3 nitrogen and oxygen atoms in total. The molecule has 0 unspecified atom stereocenters. The van der Waals surface area contributed by atoms with Gasteiger partial charge in [-0.05, 0) is 37.0 Å². The Morgan fingerprint density at radius 1 is 1.09 bits per heavy atom. The summed E-state index contributed by atoms with van der Waals surface area (Å²) < 4.78 is 1.15. The summed E-state index contributed by atoms with van der Waals surface area (Å²) in [5.74, 6) is 0.0122. The van der Waals surface area contributed by atoms with Crippen LogP contribution in [0.5, 0.6) is 0 Å². The molecule has 0 spiro atoms. The van der Waals surface area contributed by atoms with Gasteiger partial charge in [-0.15, -0.1) is 0 Å². The molecule has 1 amide bonds. The van der Waals surface area contributed by atoms with E-state index in [0.717, 1.165) is 22.2 Å². The minimum Gasteiger partial charge on any atom is -0.302 e. The highest BCUT2D eigenvalue weighted by atomic mass is 32.1. The average molecular weight is 310 g/mol. The van der Waals surface area contributed by atoms with E-state index in [1.54, 1.807) is 11.3 Å². The summed E-state index contributed by atoms with van der Waals surface area (Å²) >= 11 is 1.55. The minimum absolute atomic E-state index is 0.0122. The number of carbonyl (C=O) groups is 1. The van der Waals surface area contributed by atoms with Crippen LogP contribution < -0.4 is 5.32 Å². The van der Waals surface area contributed by atoms with Crippen LogP contribution in [0.1, 0.15) is 23.1 Å². The van der Waals surface area contributed by atoms with E-state index in [4.69, 9.17) is 0 Å². The van der Waals surface area contributed by atoms with Gasteiger partial charge in [-0.25, -0.2) is 4.98 Å². The number of fused-ring (bicyclic) bond motifs is 1. The standard InChI is InChI=1S/C18H18N2OS/c1-12-8-9-13(2)17-16(12)20-18(22-17)19-15(21)11-10-14-6-4-3-5-7-14/h3-9H,10-11H2,1-2H3,(H,19,20,21). The Balaban J connectivity index is 1.69. The summed E-state index contributed by atoms with van der Waals surface area (Å²) in [6.07, 6.45) is 1.22. The van der Waals surface area contributed by atoms with Crippen LogP contribution in [0.15, 0.2) is 42.5 Å². The van der Waals surface area contributed by atoms with Crippen molar-refractivity contribution in [2.75, 3.05) is 5.32 Å². The van der Waals surface area contributed by atoms with Crippen molar-refractivity contribution in [1.82, 2.24) is 4.98 Å². The van der Waals surface area contributed by atoms with Crippen LogP contribution >= 0.6 is 11.3 Å². The lowest BCUT2D eigenvalue weighted by Crippen LogP contribution is -2.12. The first-order valence-corrected chi connectivity index (χ1v) is 8.15. The number of benzene rings is 2. The fourth-order valence-electron chi connectivity index (χ4n) is 2.40. The molecule has 112 valence electrons. The Morgan fingerprint density at radius 3 is 2.55 bits per heavy atom. The van der Waals surface area contributed by atoms with E-state index in [1.807, 2.05) is 37.3 Å². The average Bonchev–Trinajstić information content (AvgIpc) is 2.95. The van der Waals surface area contributed by atoms with Gasteiger partial charge >= 0.3 is 0 Å². The second-order valence-electron chi connectivity index (χ2n) is 5.43. The lowest BCUT2D eigenvalue weighted by Gasteiger charge is -2.01. The van der Waals surface area contributed by atoms with Crippen LogP contribution in [0.3, 0.4) is 0 Å². The Kier molecular flexibility index (Phi) is 4.20. The normalized spacial score (nSPS) is 10.8. The maximum Gasteiger partial charge on any atom is 0.226 e. The van der Waals surface area contributed by atoms with Crippen molar-refractivity contribution in [3.05, 3.63) is 59.2 Å². The number of amides is 1. The van der Waals surface area contributed by atoms with Gasteiger partial charge in [-0.2, -0.15) is 0 Å². The van der Waals surface area contributed by atoms with Gasteiger partial charge in [-0.3, -0.25) is 4.79 Å². The third kappa shape index (κ3) is 3.17. The third-order valence-corrected chi connectivity index (χ3v) is 4.78. The molecule has 3 aromatic rings. The highest BCUT2D eigenvalue weighted by Gasteiger charge is 2.11. The number of carbonyl (C=O) groups excluding carboxylic acids is 1. The molecule has 0 saturated carbocycles. The van der Waals surface area contributed by atoms with E-state index in [-0.39, 0.29) is 5.91 Å². The summed E-state index contributed by atoms with van der Waals surface area (Å²) in [4.78, 5) is 16.6. The Bertz CT molecular complexity index is 770. The summed E-state index contributed by atoms with van der Waals surface area (Å²) in [6, 6.07) is 14.2. The van der Waals surface area contributed by atoms with Gasteiger partial charge in [0.05, 0.1) is 10.2 Å². The zero-order valence-corrected chi connectivity index (χ0v) is 13.5. The number of rotatable bonds is 4. The molecule has 0 atom stereocenters. The monoisotopic (exact) mass is 310 g/mol. The van der Waals surface area contributed by atoms with Gasteiger partial charge in [0.1, 0.15) is 0 Å². The van der Waals surface area contributed by atoms with E-state index in [0.29, 0.717) is 11.6 Å². The van der Waals surface area contributed by atoms with Gasteiger partial charge in [-0.1, -0.05) is 53.8 Å². The molecule has 0 aliphatic carbocycles. The summed E-state index contributed by atoms with van der Waals surface area (Å²) in [5.41, 5.74) is 4.50. The molecule has 0 saturated heterocycles. The minimum atomic E-state index is 0.0122. The van der Waals surface area contributed by atoms with Crippen molar-refractivity contribution in [1.29, 1.82) is 0 Å². The number of hydrogen-bond acceptors (Lipinski definition) is 3. The van der Waals surface area contributed by atoms with Gasteiger partial charge in [0.25, 0.3) is 0 Å². The van der Waals surface area contributed by atoms with Gasteiger partial charge < -0.3 is 5.32 Å². The summed E-state index contributed by atoms with van der Waals surface area (Å²) in [7, 11) is 0. The topological polar surface area (TPSA) is 42.0 Å². The van der Waals surface area contributed by atoms with E-state index in [1.165, 1.54) is 11.1 Å². The third-order valence-electron chi connectivity index (χ3n) is 3.67. The van der Waals surface area contributed by atoms with Crippen molar-refractivity contribution in [2.45, 2.75) is 26.7 Å². The second-order valence-corrected chi connectivity index (χ2v) is 6.43. The second kappa shape index (κ2) is 6.28. The van der Waals surface area contributed by atoms with Gasteiger partial charge in [0.15, 0.2) is 5.13 Å². The number of thiazole rings is 1. The molecular weight excluding hydrogens is 292 g/mol. The zero-order chi connectivity index (χ0) is 15.5. The first kappa shape index (κ1) is 14.7. The van der Waals surface area contributed by atoms with E-state index in [2.05, 4.69) is 29.4 Å². The van der Waals surface area contributed by atoms with Crippen molar-refractivity contribution in [3.63, 3.8) is 0 Å². The molecule has 4 heteroatoms. The maximum atomic E-state index is 12.1. The highest BCUT2D eigenvalue weighted by molar-refractivity contribution is 7.22. The molecule has 0 radical (unpaired) electrons. The van der Waals surface area contributed by atoms with Crippen LogP contribution in [0, 0.1) is 13.8 Å². The Morgan fingerprint density at radius 2 is 1.82 bits per heavy atom. The number of aromatic nitrogens is 1. The lowest BCUT2D eigenvalue weighted by molar-refractivity contribution is -0.116. The van der Waals surface area contributed by atoms with Crippen LogP contribution in [0.25, 0.3) is 10.2 Å². The first-order valence-electron chi connectivity index (χ1n) is 7.34. The van der Waals surface area contributed by atoms with Gasteiger partial charge in [0.2, 0.25) is 5.91 Å². The molecule has 0 aliphatic rings. The van der Waals surface area contributed by atoms with Crippen LogP contribution in [0.2, 0.25) is 0 Å². The zero-order valence-electron chi connectivity index (χ0n) is 12.7. The fraction of sp³-hybridized carbons (Fsp3) is 0.222. The molecule has 1 N–H and O–H groups in total. The van der Waals surface area contributed by atoms with E-state index in [9.17, 15) is 4.79 Å². The first-order chi connectivity index (χ1) is 10.6. The number of anilines is 1. The Labute approximate surface area is 134 Å². The number of nitrogens with zero attached hydrogens (tertiary/aromatic N) is 1. The summed E-state index contributed by atoms with van der Waals surface area (Å²) in [6.45, 7) is 4.11. The highest BCUT2D eigenvalue weighted by Crippen LogP contribution is 2.30. The molecule has 0 aliphatic heterocycles. The van der Waals surface area contributed by atoms with Crippen molar-refractivity contribution >= 4 is 32.6 Å². The molecule has 0 fully saturated rings. The molecule has 2 aromatic carbocycles.